The van der Waals surface area contributed by atoms with Crippen LogP contribution in [0.3, 0.4) is 0 Å². The van der Waals surface area contributed by atoms with Crippen LogP contribution in [0.5, 0.6) is 0 Å². The summed E-state index contributed by atoms with van der Waals surface area (Å²) in [6.07, 6.45) is 1.96. The summed E-state index contributed by atoms with van der Waals surface area (Å²) in [5.74, 6) is -1.74. The van der Waals surface area contributed by atoms with E-state index in [1.807, 2.05) is 24.3 Å². The summed E-state index contributed by atoms with van der Waals surface area (Å²) in [6, 6.07) is 10.1. The van der Waals surface area contributed by atoms with E-state index in [1.165, 1.54) is 24.3 Å². The quantitative estimate of drug-likeness (QED) is 0.582. The summed E-state index contributed by atoms with van der Waals surface area (Å²) < 4.78 is 37.5. The number of nitrogens with zero attached hydrogens (tertiary/aromatic N) is 2. The lowest BCUT2D eigenvalue weighted by molar-refractivity contribution is -0.154. The maximum Gasteiger partial charge on any atom is 0.328 e. The smallest absolute Gasteiger partial charge is 0.328 e. The predicted molar refractivity (Wildman–Crippen MR) is 107 cm³/mol. The Bertz CT molecular complexity index is 1130. The van der Waals surface area contributed by atoms with Crippen LogP contribution < -0.4 is 0 Å². The number of oxazole rings is 1. The normalized spacial score (nSPS) is 15.5. The van der Waals surface area contributed by atoms with Crippen LogP contribution in [-0.2, 0) is 33.7 Å². The van der Waals surface area contributed by atoms with E-state index in [-0.39, 0.29) is 36.0 Å². The minimum atomic E-state index is -0.758. The second-order valence-electron chi connectivity index (χ2n) is 7.28. The van der Waals surface area contributed by atoms with Crippen LogP contribution in [0.25, 0.3) is 11.3 Å². The van der Waals surface area contributed by atoms with Crippen molar-refractivity contribution in [3.05, 3.63) is 77.3 Å². The number of carbonyl (C=O) groups excluding carboxylic acids is 2. The van der Waals surface area contributed by atoms with Crippen LogP contribution >= 0.6 is 0 Å². The van der Waals surface area contributed by atoms with Gasteiger partial charge in [-0.2, -0.15) is 0 Å². The number of hydrogen-bond acceptors (Lipinski definition) is 5. The van der Waals surface area contributed by atoms with Gasteiger partial charge < -0.3 is 14.1 Å². The standard InChI is InChI=1S/C23H20F2N2O4/c1-30-23(29)19-10-14-4-2-3-5-15(14)13-27(19)22(28)9-8-21-26-12-20(31-21)17-7-6-16(24)11-18(17)25/h2-7,11-12,19H,8-10,13H2,1H3. The first kappa shape index (κ1) is 20.7. The Kier molecular flexibility index (Phi) is 5.79. The van der Waals surface area contributed by atoms with Gasteiger partial charge in [-0.05, 0) is 23.3 Å². The van der Waals surface area contributed by atoms with Gasteiger partial charge in [-0.15, -0.1) is 0 Å². The molecule has 0 spiro atoms. The zero-order chi connectivity index (χ0) is 22.0. The van der Waals surface area contributed by atoms with Gasteiger partial charge in [-0.25, -0.2) is 18.6 Å². The third-order valence-electron chi connectivity index (χ3n) is 5.35. The van der Waals surface area contributed by atoms with Crippen molar-refractivity contribution in [3.63, 3.8) is 0 Å². The maximum atomic E-state index is 13.9. The highest BCUT2D eigenvalue weighted by Crippen LogP contribution is 2.27. The molecule has 1 unspecified atom stereocenters. The first-order chi connectivity index (χ1) is 15.0. The van der Waals surface area contributed by atoms with Crippen LogP contribution in [0.2, 0.25) is 0 Å². The van der Waals surface area contributed by atoms with Gasteiger partial charge >= 0.3 is 5.97 Å². The number of hydrogen-bond donors (Lipinski definition) is 0. The molecule has 6 nitrogen and oxygen atoms in total. The van der Waals surface area contributed by atoms with Gasteiger partial charge in [0.2, 0.25) is 5.91 Å². The molecule has 1 aromatic heterocycles. The lowest BCUT2D eigenvalue weighted by Crippen LogP contribution is -2.49. The van der Waals surface area contributed by atoms with E-state index >= 15 is 0 Å². The van der Waals surface area contributed by atoms with Crippen LogP contribution in [-0.4, -0.2) is 34.9 Å². The Morgan fingerprint density at radius 2 is 1.97 bits per heavy atom. The average Bonchev–Trinajstić information content (AvgIpc) is 3.24. The fourth-order valence-corrected chi connectivity index (χ4v) is 3.73. The monoisotopic (exact) mass is 426 g/mol. The molecule has 4 rings (SSSR count). The fraction of sp³-hybridized carbons (Fsp3) is 0.261. The van der Waals surface area contributed by atoms with E-state index in [9.17, 15) is 18.4 Å². The van der Waals surface area contributed by atoms with E-state index in [4.69, 9.17) is 9.15 Å². The second kappa shape index (κ2) is 8.67. The molecule has 2 heterocycles. The van der Waals surface area contributed by atoms with Gasteiger partial charge in [0, 0.05) is 31.9 Å². The van der Waals surface area contributed by atoms with Crippen molar-refractivity contribution in [2.45, 2.75) is 31.8 Å². The molecule has 8 heteroatoms. The van der Waals surface area contributed by atoms with Gasteiger partial charge in [-0.3, -0.25) is 4.79 Å². The van der Waals surface area contributed by atoms with Gasteiger partial charge in [0.05, 0.1) is 18.9 Å². The molecule has 3 aromatic rings. The number of carbonyl (C=O) groups is 2. The van der Waals surface area contributed by atoms with Gasteiger partial charge in [0.1, 0.15) is 17.7 Å². The van der Waals surface area contributed by atoms with Crippen molar-refractivity contribution in [1.82, 2.24) is 9.88 Å². The number of halogens is 2. The predicted octanol–water partition coefficient (Wildman–Crippen LogP) is 3.68. The molecule has 0 aliphatic carbocycles. The molecule has 1 atom stereocenters. The molecule has 1 amide bonds. The number of esters is 1. The number of aromatic nitrogens is 1. The van der Waals surface area contributed by atoms with E-state index < -0.39 is 23.6 Å². The number of benzene rings is 2. The largest absolute Gasteiger partial charge is 0.467 e. The number of methoxy groups -OCH3 is 1. The zero-order valence-electron chi connectivity index (χ0n) is 16.8. The Hall–Kier alpha value is -3.55. The highest BCUT2D eigenvalue weighted by molar-refractivity contribution is 5.85. The highest BCUT2D eigenvalue weighted by atomic mass is 19.1. The topological polar surface area (TPSA) is 72.6 Å². The summed E-state index contributed by atoms with van der Waals surface area (Å²) in [4.78, 5) is 30.8. The van der Waals surface area contributed by atoms with E-state index in [0.717, 1.165) is 23.3 Å². The molecule has 1 aliphatic heterocycles. The van der Waals surface area contributed by atoms with Crippen molar-refractivity contribution in [3.8, 4) is 11.3 Å². The van der Waals surface area contributed by atoms with Crippen molar-refractivity contribution < 1.29 is 27.5 Å². The Balaban J connectivity index is 1.46. The second-order valence-corrected chi connectivity index (χ2v) is 7.28. The molecular formula is C23H20F2N2O4. The maximum absolute atomic E-state index is 13.9. The first-order valence-corrected chi connectivity index (χ1v) is 9.80. The number of amides is 1. The number of ether oxygens (including phenoxy) is 1. The number of fused-ring (bicyclic) bond motifs is 1. The number of aryl methyl sites for hydroxylation is 1. The van der Waals surface area contributed by atoms with Gasteiger partial charge in [-0.1, -0.05) is 24.3 Å². The lowest BCUT2D eigenvalue weighted by Gasteiger charge is -2.35. The fourth-order valence-electron chi connectivity index (χ4n) is 3.73. The van der Waals surface area contributed by atoms with Crippen LogP contribution in [0.1, 0.15) is 23.4 Å². The summed E-state index contributed by atoms with van der Waals surface area (Å²) in [5.41, 5.74) is 2.09. The SMILES string of the molecule is COC(=O)C1Cc2ccccc2CN1C(=O)CCc1ncc(-c2ccc(F)cc2F)o1. The molecule has 0 fully saturated rings. The summed E-state index contributed by atoms with van der Waals surface area (Å²) in [6.45, 7) is 0.312. The molecule has 0 N–H and O–H groups in total. The molecule has 31 heavy (non-hydrogen) atoms. The Labute approximate surface area is 177 Å². The molecule has 160 valence electrons. The van der Waals surface area contributed by atoms with Crippen molar-refractivity contribution in [2.24, 2.45) is 0 Å². The average molecular weight is 426 g/mol. The zero-order valence-corrected chi connectivity index (χ0v) is 16.8. The first-order valence-electron chi connectivity index (χ1n) is 9.80. The molecule has 0 radical (unpaired) electrons. The molecule has 0 bridgehead atoms. The van der Waals surface area contributed by atoms with Crippen LogP contribution in [0, 0.1) is 11.6 Å². The third-order valence-corrected chi connectivity index (χ3v) is 5.35. The Morgan fingerprint density at radius 1 is 1.19 bits per heavy atom. The third kappa shape index (κ3) is 4.33. The van der Waals surface area contributed by atoms with Crippen molar-refractivity contribution in [1.29, 1.82) is 0 Å². The molecular weight excluding hydrogens is 406 g/mol. The summed E-state index contributed by atoms with van der Waals surface area (Å²) in [5, 5.41) is 0. The summed E-state index contributed by atoms with van der Waals surface area (Å²) >= 11 is 0. The van der Waals surface area contributed by atoms with Crippen LogP contribution in [0.15, 0.2) is 53.1 Å². The summed E-state index contributed by atoms with van der Waals surface area (Å²) in [7, 11) is 1.30. The lowest BCUT2D eigenvalue weighted by atomic mass is 9.93. The minimum absolute atomic E-state index is 0.0571. The molecule has 1 aliphatic rings. The van der Waals surface area contributed by atoms with E-state index in [0.29, 0.717) is 13.0 Å². The van der Waals surface area contributed by atoms with Gasteiger partial charge in [0.25, 0.3) is 0 Å². The van der Waals surface area contributed by atoms with E-state index in [1.54, 1.807) is 0 Å². The van der Waals surface area contributed by atoms with Crippen LogP contribution in [0.4, 0.5) is 8.78 Å². The number of rotatable bonds is 5. The molecule has 0 saturated carbocycles. The van der Waals surface area contributed by atoms with Gasteiger partial charge in [0.15, 0.2) is 11.7 Å². The molecule has 2 aromatic carbocycles. The van der Waals surface area contributed by atoms with E-state index in [2.05, 4.69) is 4.98 Å². The van der Waals surface area contributed by atoms with Crippen molar-refractivity contribution in [2.75, 3.05) is 7.11 Å². The molecule has 0 saturated heterocycles. The Morgan fingerprint density at radius 3 is 2.71 bits per heavy atom. The van der Waals surface area contributed by atoms with Crippen molar-refractivity contribution >= 4 is 11.9 Å². The highest BCUT2D eigenvalue weighted by Gasteiger charge is 2.35. The minimum Gasteiger partial charge on any atom is -0.467 e.